The first-order chi connectivity index (χ1) is 18.2. The fourth-order valence-corrected chi connectivity index (χ4v) is 5.82. The normalized spacial score (nSPS) is 20.1. The van der Waals surface area contributed by atoms with Crippen LogP contribution in [0.3, 0.4) is 0 Å². The Hall–Kier alpha value is -3.27. The minimum atomic E-state index is -4.81. The van der Waals surface area contributed by atoms with Crippen LogP contribution in [0.1, 0.15) is 43.4 Å². The molecule has 3 fully saturated rings. The number of carbonyl (C=O) groups is 1. The third-order valence-electron chi connectivity index (χ3n) is 7.48. The maximum atomic E-state index is 13.6. The monoisotopic (exact) mass is 545 g/mol. The van der Waals surface area contributed by atoms with Gasteiger partial charge in [0.2, 0.25) is 0 Å². The van der Waals surface area contributed by atoms with Crippen molar-refractivity contribution in [2.45, 2.75) is 49.9 Å². The lowest BCUT2D eigenvalue weighted by atomic mass is 9.75. The van der Waals surface area contributed by atoms with E-state index in [1.807, 2.05) is 12.1 Å². The highest BCUT2D eigenvalue weighted by atomic mass is 32.1. The van der Waals surface area contributed by atoms with Crippen LogP contribution >= 0.6 is 12.2 Å². The summed E-state index contributed by atoms with van der Waals surface area (Å²) in [7, 11) is 0. The minimum Gasteiger partial charge on any atom is -0.490 e. The first-order valence-electron chi connectivity index (χ1n) is 12.4. The molecule has 1 spiro atoms. The summed E-state index contributed by atoms with van der Waals surface area (Å²) in [6, 6.07) is 9.44. The first-order valence-corrected chi connectivity index (χ1v) is 12.8. The van der Waals surface area contributed by atoms with Gasteiger partial charge in [-0.15, -0.1) is 0 Å². The van der Waals surface area contributed by atoms with E-state index in [0.717, 1.165) is 49.5 Å². The Kier molecular flexibility index (Phi) is 7.02. The molecule has 0 atom stereocenters. The highest BCUT2D eigenvalue weighted by Crippen LogP contribution is 2.48. The number of anilines is 2. The van der Waals surface area contributed by atoms with Crippen molar-refractivity contribution in [3.05, 3.63) is 47.8 Å². The summed E-state index contributed by atoms with van der Waals surface area (Å²) in [6.07, 6.45) is -0.147. The van der Waals surface area contributed by atoms with Gasteiger partial charge in [0.15, 0.2) is 10.8 Å². The van der Waals surface area contributed by atoms with E-state index in [-0.39, 0.29) is 23.5 Å². The lowest BCUT2D eigenvalue weighted by Gasteiger charge is -2.43. The number of aliphatic hydroxyl groups excluding tert-OH is 1. The summed E-state index contributed by atoms with van der Waals surface area (Å²) in [4.78, 5) is 22.3. The maximum Gasteiger partial charge on any atom is 0.419 e. The number of rotatable bonds is 6. The van der Waals surface area contributed by atoms with Gasteiger partial charge in [-0.05, 0) is 74.7 Å². The SMILES string of the molecule is N#Cc1ncc(N2C(=O)C3(CCC3)N(c3ccc(OC4CCN(CCO)CC4)cc3)C2=S)cc1C(F)(F)F. The predicted molar refractivity (Wildman–Crippen MR) is 137 cm³/mol. The summed E-state index contributed by atoms with van der Waals surface area (Å²) < 4.78 is 46.8. The number of thiocarbonyl (C=S) groups is 1. The van der Waals surface area contributed by atoms with Crippen molar-refractivity contribution in [2.75, 3.05) is 36.0 Å². The molecule has 5 rings (SSSR count). The van der Waals surface area contributed by atoms with Crippen LogP contribution in [0.2, 0.25) is 0 Å². The predicted octanol–water partition coefficient (Wildman–Crippen LogP) is 3.87. The van der Waals surface area contributed by atoms with E-state index in [2.05, 4.69) is 9.88 Å². The summed E-state index contributed by atoms with van der Waals surface area (Å²) in [6.45, 7) is 2.50. The topological polar surface area (TPSA) is 92.9 Å². The Balaban J connectivity index is 1.38. The number of nitrogens with zero attached hydrogens (tertiary/aromatic N) is 5. The summed E-state index contributed by atoms with van der Waals surface area (Å²) in [5, 5.41) is 18.2. The number of hydrogen-bond acceptors (Lipinski definition) is 7. The maximum absolute atomic E-state index is 13.6. The number of ether oxygens (including phenoxy) is 1. The molecule has 1 amide bonds. The molecule has 1 aromatic heterocycles. The molecule has 1 saturated carbocycles. The van der Waals surface area contributed by atoms with Crippen molar-refractivity contribution in [1.29, 1.82) is 5.26 Å². The van der Waals surface area contributed by atoms with E-state index in [1.54, 1.807) is 17.0 Å². The number of likely N-dealkylation sites (tertiary alicyclic amines) is 1. The molecule has 38 heavy (non-hydrogen) atoms. The number of pyridine rings is 1. The number of halogens is 3. The number of piperidine rings is 1. The van der Waals surface area contributed by atoms with Gasteiger partial charge in [-0.3, -0.25) is 9.69 Å². The molecule has 8 nitrogen and oxygen atoms in total. The molecule has 1 aromatic carbocycles. The second-order valence-electron chi connectivity index (χ2n) is 9.72. The van der Waals surface area contributed by atoms with Crippen molar-refractivity contribution in [2.24, 2.45) is 0 Å². The van der Waals surface area contributed by atoms with Crippen LogP contribution in [0.25, 0.3) is 0 Å². The average molecular weight is 546 g/mol. The van der Waals surface area contributed by atoms with E-state index in [0.29, 0.717) is 30.8 Å². The molecular formula is C26H26F3N5O3S. The zero-order valence-corrected chi connectivity index (χ0v) is 21.3. The highest BCUT2D eigenvalue weighted by molar-refractivity contribution is 7.81. The Morgan fingerprint density at radius 3 is 2.42 bits per heavy atom. The number of amides is 1. The van der Waals surface area contributed by atoms with E-state index in [1.165, 1.54) is 6.07 Å². The summed E-state index contributed by atoms with van der Waals surface area (Å²) in [5.41, 5.74) is -2.41. The van der Waals surface area contributed by atoms with Crippen molar-refractivity contribution in [3.63, 3.8) is 0 Å². The van der Waals surface area contributed by atoms with E-state index in [4.69, 9.17) is 27.3 Å². The molecule has 200 valence electrons. The first kappa shape index (κ1) is 26.3. The van der Waals surface area contributed by atoms with Crippen molar-refractivity contribution in [1.82, 2.24) is 9.88 Å². The summed E-state index contributed by atoms with van der Waals surface area (Å²) >= 11 is 5.65. The number of benzene rings is 1. The summed E-state index contributed by atoms with van der Waals surface area (Å²) in [5.74, 6) is 0.278. The number of aliphatic hydroxyl groups is 1. The quantitative estimate of drug-likeness (QED) is 0.547. The van der Waals surface area contributed by atoms with Gasteiger partial charge in [-0.1, -0.05) is 0 Å². The van der Waals surface area contributed by atoms with Crippen LogP contribution in [-0.2, 0) is 11.0 Å². The van der Waals surface area contributed by atoms with Gasteiger partial charge in [0, 0.05) is 25.3 Å². The van der Waals surface area contributed by atoms with Gasteiger partial charge in [0.1, 0.15) is 23.5 Å². The van der Waals surface area contributed by atoms with Gasteiger partial charge in [-0.2, -0.15) is 18.4 Å². The molecule has 12 heteroatoms. The second kappa shape index (κ2) is 10.1. The lowest BCUT2D eigenvalue weighted by Crippen LogP contribution is -2.55. The van der Waals surface area contributed by atoms with Crippen molar-refractivity contribution in [3.8, 4) is 11.8 Å². The number of hydrogen-bond donors (Lipinski definition) is 1. The fraction of sp³-hybridized carbons (Fsp3) is 0.462. The third-order valence-corrected chi connectivity index (χ3v) is 7.85. The molecule has 0 unspecified atom stereocenters. The standard InChI is InChI=1S/C26H26F3N5O3S/c27-26(28,29)21-14-18(16-31-22(21)15-30)33-23(36)25(8-1-9-25)34(24(33)38)17-2-4-19(5-3-17)37-20-6-10-32(11-7-20)12-13-35/h2-5,14,16,20,35H,1,6-13H2. The second-order valence-corrected chi connectivity index (χ2v) is 10.1. The molecule has 2 aromatic rings. The molecule has 2 aliphatic heterocycles. The minimum absolute atomic E-state index is 0.0606. The molecule has 1 N–H and O–H groups in total. The van der Waals surface area contributed by atoms with Crippen LogP contribution in [0, 0.1) is 11.3 Å². The van der Waals surface area contributed by atoms with E-state index >= 15 is 0 Å². The van der Waals surface area contributed by atoms with Crippen LogP contribution in [0.15, 0.2) is 36.5 Å². The van der Waals surface area contributed by atoms with Gasteiger partial charge in [0.05, 0.1) is 24.1 Å². The van der Waals surface area contributed by atoms with Crippen LogP contribution in [-0.4, -0.2) is 63.9 Å². The number of aromatic nitrogens is 1. The van der Waals surface area contributed by atoms with E-state index < -0.39 is 28.9 Å². The highest BCUT2D eigenvalue weighted by Gasteiger charge is 2.59. The molecule has 0 radical (unpaired) electrons. The fourth-order valence-electron chi connectivity index (χ4n) is 5.35. The molecule has 1 aliphatic carbocycles. The van der Waals surface area contributed by atoms with Gasteiger partial charge < -0.3 is 19.6 Å². The molecule has 0 bridgehead atoms. The average Bonchev–Trinajstić information content (AvgIpc) is 3.11. The lowest BCUT2D eigenvalue weighted by molar-refractivity contribution is -0.138. The van der Waals surface area contributed by atoms with Crippen LogP contribution < -0.4 is 14.5 Å². The zero-order valence-electron chi connectivity index (χ0n) is 20.4. The Bertz CT molecular complexity index is 1270. The van der Waals surface area contributed by atoms with E-state index in [9.17, 15) is 18.0 Å². The smallest absolute Gasteiger partial charge is 0.419 e. The number of nitriles is 1. The molecule has 3 heterocycles. The van der Waals surface area contributed by atoms with Crippen LogP contribution in [0.4, 0.5) is 24.5 Å². The molecule has 3 aliphatic rings. The van der Waals surface area contributed by atoms with Gasteiger partial charge >= 0.3 is 6.18 Å². The Morgan fingerprint density at radius 2 is 1.87 bits per heavy atom. The van der Waals surface area contributed by atoms with Crippen molar-refractivity contribution < 1.29 is 27.8 Å². The molecular weight excluding hydrogens is 519 g/mol. The number of carbonyl (C=O) groups excluding carboxylic acids is 1. The Labute approximate surface area is 223 Å². The number of β-amino-alcohol motifs (C(OH)–C–C–N with tert-alkyl or cyclic N) is 1. The van der Waals surface area contributed by atoms with Crippen LogP contribution in [0.5, 0.6) is 5.75 Å². The third kappa shape index (κ3) is 4.59. The molecule has 2 saturated heterocycles. The van der Waals surface area contributed by atoms with Crippen molar-refractivity contribution >= 4 is 34.6 Å². The Morgan fingerprint density at radius 1 is 1.18 bits per heavy atom. The number of alkyl halides is 3. The largest absolute Gasteiger partial charge is 0.490 e. The van der Waals surface area contributed by atoms with Gasteiger partial charge in [-0.25, -0.2) is 4.98 Å². The van der Waals surface area contributed by atoms with Gasteiger partial charge in [0.25, 0.3) is 5.91 Å². The zero-order chi connectivity index (χ0) is 27.1.